The lowest BCUT2D eigenvalue weighted by molar-refractivity contribution is 0.381. The molecule has 1 aromatic rings. The fraction of sp³-hybridized carbons (Fsp3) is 0.333. The lowest BCUT2D eigenvalue weighted by Gasteiger charge is -1.92. The summed E-state index contributed by atoms with van der Waals surface area (Å²) in [7, 11) is -4.67. The van der Waals surface area contributed by atoms with Crippen LogP contribution in [0.2, 0.25) is 0 Å². The summed E-state index contributed by atoms with van der Waals surface area (Å²) in [6, 6.07) is 0. The molecular formula is C6H12N4O4S2. The Labute approximate surface area is 96.7 Å². The van der Waals surface area contributed by atoms with E-state index in [0.29, 0.717) is 6.54 Å². The molecule has 1 heterocycles. The van der Waals surface area contributed by atoms with E-state index in [4.69, 9.17) is 29.0 Å². The van der Waals surface area contributed by atoms with Crippen molar-refractivity contribution in [3.63, 3.8) is 0 Å². The van der Waals surface area contributed by atoms with Gasteiger partial charge in [0.2, 0.25) is 0 Å². The van der Waals surface area contributed by atoms with Crippen LogP contribution in [-0.4, -0.2) is 27.9 Å². The summed E-state index contributed by atoms with van der Waals surface area (Å²) in [6.45, 7) is 2.47. The van der Waals surface area contributed by atoms with E-state index in [9.17, 15) is 0 Å². The van der Waals surface area contributed by atoms with Crippen LogP contribution < -0.4 is 11.5 Å². The van der Waals surface area contributed by atoms with Crippen LogP contribution >= 0.6 is 11.5 Å². The third kappa shape index (κ3) is 9.33. The Balaban J connectivity index is 0.000000385. The number of aryl methyl sites for hydroxylation is 1. The Morgan fingerprint density at radius 2 is 2.06 bits per heavy atom. The Bertz CT molecular complexity index is 441. The van der Waals surface area contributed by atoms with Crippen molar-refractivity contribution in [2.45, 2.75) is 13.5 Å². The molecule has 0 saturated heterocycles. The van der Waals surface area contributed by atoms with Crippen molar-refractivity contribution in [1.82, 2.24) is 4.37 Å². The molecule has 0 aliphatic rings. The summed E-state index contributed by atoms with van der Waals surface area (Å²) in [5.74, 6) is 0.121. The molecule has 1 aromatic heterocycles. The highest BCUT2D eigenvalue weighted by molar-refractivity contribution is 7.79. The van der Waals surface area contributed by atoms with Crippen LogP contribution in [0.3, 0.4) is 0 Å². The molecule has 0 aliphatic carbocycles. The van der Waals surface area contributed by atoms with E-state index < -0.39 is 10.4 Å². The van der Waals surface area contributed by atoms with Gasteiger partial charge in [0, 0.05) is 10.9 Å². The van der Waals surface area contributed by atoms with Crippen LogP contribution in [0.5, 0.6) is 0 Å². The lowest BCUT2D eigenvalue weighted by atomic mass is 10.3. The minimum atomic E-state index is -4.67. The number of nitrogens with two attached hydrogens (primary N) is 2. The minimum Gasteiger partial charge on any atom is -0.370 e. The predicted molar refractivity (Wildman–Crippen MR) is 60.5 cm³/mol. The van der Waals surface area contributed by atoms with E-state index in [-0.39, 0.29) is 5.96 Å². The third-order valence-electron chi connectivity index (χ3n) is 1.28. The number of aliphatic imine (C=N–C) groups is 1. The Kier molecular flexibility index (Phi) is 5.88. The SMILES string of the molecule is Cc1nscc1CN=C(N)N.O=S(=O)(O)O. The highest BCUT2D eigenvalue weighted by Gasteiger charge is 1.98. The molecule has 92 valence electrons. The van der Waals surface area contributed by atoms with Crippen LogP contribution in [0.1, 0.15) is 11.3 Å². The maximum atomic E-state index is 8.74. The van der Waals surface area contributed by atoms with Crippen LogP contribution in [0, 0.1) is 6.92 Å². The normalized spacial score (nSPS) is 10.2. The molecule has 0 atom stereocenters. The van der Waals surface area contributed by atoms with Crippen molar-refractivity contribution in [2.24, 2.45) is 16.5 Å². The van der Waals surface area contributed by atoms with E-state index in [0.717, 1.165) is 11.3 Å². The molecule has 0 fully saturated rings. The van der Waals surface area contributed by atoms with Crippen LogP contribution in [0.4, 0.5) is 0 Å². The topological polar surface area (TPSA) is 152 Å². The Morgan fingerprint density at radius 3 is 2.38 bits per heavy atom. The van der Waals surface area contributed by atoms with Gasteiger partial charge in [-0.2, -0.15) is 12.8 Å². The fourth-order valence-corrected chi connectivity index (χ4v) is 1.34. The second-order valence-electron chi connectivity index (χ2n) is 2.61. The molecule has 10 heteroatoms. The average Bonchev–Trinajstić information content (AvgIpc) is 2.44. The quantitative estimate of drug-likeness (QED) is 0.322. The van der Waals surface area contributed by atoms with Crippen molar-refractivity contribution in [3.05, 3.63) is 16.6 Å². The molecule has 1 rings (SSSR count). The molecule has 8 nitrogen and oxygen atoms in total. The molecule has 0 aromatic carbocycles. The first-order chi connectivity index (χ1) is 7.20. The first kappa shape index (κ1) is 14.8. The zero-order valence-electron chi connectivity index (χ0n) is 8.36. The van der Waals surface area contributed by atoms with Crippen molar-refractivity contribution in [2.75, 3.05) is 0 Å². The molecule has 0 amide bonds. The Morgan fingerprint density at radius 1 is 1.56 bits per heavy atom. The molecule has 0 aliphatic heterocycles. The molecule has 16 heavy (non-hydrogen) atoms. The van der Waals surface area contributed by atoms with Gasteiger partial charge < -0.3 is 11.5 Å². The summed E-state index contributed by atoms with van der Waals surface area (Å²) < 4.78 is 35.7. The zero-order chi connectivity index (χ0) is 12.8. The lowest BCUT2D eigenvalue weighted by Crippen LogP contribution is -2.22. The van der Waals surface area contributed by atoms with Crippen molar-refractivity contribution in [3.8, 4) is 0 Å². The van der Waals surface area contributed by atoms with Gasteiger partial charge in [-0.1, -0.05) is 0 Å². The van der Waals surface area contributed by atoms with Gasteiger partial charge in [0.05, 0.1) is 12.2 Å². The van der Waals surface area contributed by atoms with Crippen molar-refractivity contribution < 1.29 is 17.5 Å². The van der Waals surface area contributed by atoms with E-state index in [1.807, 2.05) is 12.3 Å². The van der Waals surface area contributed by atoms with E-state index in [2.05, 4.69) is 9.37 Å². The fourth-order valence-electron chi connectivity index (χ4n) is 0.641. The number of nitrogens with zero attached hydrogens (tertiary/aromatic N) is 2. The van der Waals surface area contributed by atoms with E-state index in [1.165, 1.54) is 11.5 Å². The van der Waals surface area contributed by atoms with Gasteiger partial charge in [0.15, 0.2) is 5.96 Å². The van der Waals surface area contributed by atoms with Crippen molar-refractivity contribution >= 4 is 27.9 Å². The molecule has 0 spiro atoms. The molecule has 6 N–H and O–H groups in total. The second-order valence-corrected chi connectivity index (χ2v) is 4.14. The third-order valence-corrected chi connectivity index (χ3v) is 2.05. The number of rotatable bonds is 2. The van der Waals surface area contributed by atoms with Crippen LogP contribution in [0.15, 0.2) is 10.4 Å². The van der Waals surface area contributed by atoms with Gasteiger partial charge in [-0.25, -0.2) is 4.99 Å². The summed E-state index contributed by atoms with van der Waals surface area (Å²) in [4.78, 5) is 3.87. The molecule has 0 radical (unpaired) electrons. The standard InChI is InChI=1S/C6H10N4S.H2O4S/c1-4-5(3-11-10-4)2-9-6(7)8;1-5(2,3)4/h3H,2H2,1H3,(H4,7,8,9);(H2,1,2,3,4). The highest BCUT2D eigenvalue weighted by Crippen LogP contribution is 2.09. The number of aromatic nitrogens is 1. The number of hydrogen-bond donors (Lipinski definition) is 4. The van der Waals surface area contributed by atoms with Gasteiger partial charge >= 0.3 is 10.4 Å². The van der Waals surface area contributed by atoms with Gasteiger partial charge in [-0.3, -0.25) is 9.11 Å². The monoisotopic (exact) mass is 268 g/mol. The molecule has 0 bridgehead atoms. The van der Waals surface area contributed by atoms with E-state index >= 15 is 0 Å². The first-order valence-electron chi connectivity index (χ1n) is 3.85. The summed E-state index contributed by atoms with van der Waals surface area (Å²) in [6.07, 6.45) is 0. The van der Waals surface area contributed by atoms with Gasteiger partial charge in [0.1, 0.15) is 0 Å². The maximum Gasteiger partial charge on any atom is 0.394 e. The second kappa shape index (κ2) is 6.37. The smallest absolute Gasteiger partial charge is 0.370 e. The summed E-state index contributed by atoms with van der Waals surface area (Å²) >= 11 is 1.42. The summed E-state index contributed by atoms with van der Waals surface area (Å²) in [5.41, 5.74) is 12.4. The van der Waals surface area contributed by atoms with Crippen LogP contribution in [0.25, 0.3) is 0 Å². The number of guanidine groups is 1. The van der Waals surface area contributed by atoms with Gasteiger partial charge in [0.25, 0.3) is 0 Å². The first-order valence-corrected chi connectivity index (χ1v) is 6.08. The largest absolute Gasteiger partial charge is 0.394 e. The molecular weight excluding hydrogens is 256 g/mol. The Hall–Kier alpha value is -1.23. The summed E-state index contributed by atoms with van der Waals surface area (Å²) in [5, 5.41) is 1.95. The number of hydrogen-bond acceptors (Lipinski definition) is 5. The molecule has 0 saturated carbocycles. The predicted octanol–water partition coefficient (Wildman–Crippen LogP) is -0.428. The van der Waals surface area contributed by atoms with Crippen molar-refractivity contribution in [1.29, 1.82) is 0 Å². The van der Waals surface area contributed by atoms with Gasteiger partial charge in [-0.05, 0) is 18.5 Å². The maximum absolute atomic E-state index is 8.74. The highest BCUT2D eigenvalue weighted by atomic mass is 32.3. The van der Waals surface area contributed by atoms with Crippen LogP contribution in [-0.2, 0) is 16.9 Å². The van der Waals surface area contributed by atoms with E-state index in [1.54, 1.807) is 0 Å². The molecule has 0 unspecified atom stereocenters. The van der Waals surface area contributed by atoms with Gasteiger partial charge in [-0.15, -0.1) is 0 Å². The zero-order valence-corrected chi connectivity index (χ0v) is 9.99. The minimum absolute atomic E-state index is 0.121. The average molecular weight is 268 g/mol.